The Morgan fingerprint density at radius 2 is 0.667 bits per heavy atom. The predicted molar refractivity (Wildman–Crippen MR) is 209 cm³/mol. The highest BCUT2D eigenvalue weighted by molar-refractivity contribution is 4.92. The van der Waals surface area contributed by atoms with Crippen molar-refractivity contribution >= 4 is 0 Å². The van der Waals surface area contributed by atoms with E-state index < -0.39 is 0 Å². The zero-order valence-corrected chi connectivity index (χ0v) is 32.1. The van der Waals surface area contributed by atoms with Gasteiger partial charge in [0.25, 0.3) is 0 Å². The van der Waals surface area contributed by atoms with E-state index in [0.717, 1.165) is 12.3 Å². The molecule has 0 aromatic carbocycles. The highest BCUT2D eigenvalue weighted by Crippen LogP contribution is 2.25. The molecule has 0 rings (SSSR count). The van der Waals surface area contributed by atoms with Gasteiger partial charge in [-0.25, -0.2) is 0 Å². The first kappa shape index (κ1) is 44.4. The maximum absolute atomic E-state index is 2.41. The molecular weight excluding hydrogens is 542 g/mol. The Kier molecular flexibility index (Phi) is 39.1. The van der Waals surface area contributed by atoms with E-state index in [1.54, 1.807) is 0 Å². The Labute approximate surface area is 287 Å². The molecule has 0 radical (unpaired) electrons. The molecule has 0 bridgehead atoms. The van der Waals surface area contributed by atoms with Crippen LogP contribution >= 0.6 is 0 Å². The number of rotatable bonds is 38. The average molecular weight is 630 g/mol. The van der Waals surface area contributed by atoms with Gasteiger partial charge >= 0.3 is 0 Å². The molecular formula is C44H87N. The van der Waals surface area contributed by atoms with Crippen molar-refractivity contribution in [2.24, 2.45) is 5.92 Å². The van der Waals surface area contributed by atoms with E-state index in [9.17, 15) is 0 Å². The Balaban J connectivity index is 3.80. The number of hydrogen-bond donors (Lipinski definition) is 0. The fraction of sp³-hybridized carbons (Fsp3) is 0.909. The van der Waals surface area contributed by atoms with Crippen LogP contribution in [0.25, 0.3) is 0 Å². The van der Waals surface area contributed by atoms with Gasteiger partial charge in [0.1, 0.15) is 0 Å². The molecule has 0 aromatic heterocycles. The largest absolute Gasteiger partial charge is 0.309 e. The van der Waals surface area contributed by atoms with Crippen LogP contribution in [0.4, 0.5) is 0 Å². The molecule has 0 aliphatic heterocycles. The van der Waals surface area contributed by atoms with Crippen LogP contribution in [0, 0.1) is 5.92 Å². The van der Waals surface area contributed by atoms with Crippen LogP contribution in [0.15, 0.2) is 24.3 Å². The van der Waals surface area contributed by atoms with E-state index in [1.807, 2.05) is 0 Å². The Bertz CT molecular complexity index is 576. The zero-order valence-electron chi connectivity index (χ0n) is 32.1. The molecule has 0 fully saturated rings. The van der Waals surface area contributed by atoms with Gasteiger partial charge < -0.3 is 4.90 Å². The molecule has 0 spiro atoms. The first-order valence-corrected chi connectivity index (χ1v) is 21.1. The fourth-order valence-corrected chi connectivity index (χ4v) is 6.87. The minimum Gasteiger partial charge on any atom is -0.309 e. The molecule has 1 heteroatoms. The van der Waals surface area contributed by atoms with Crippen molar-refractivity contribution in [1.29, 1.82) is 0 Å². The Morgan fingerprint density at radius 1 is 0.356 bits per heavy atom. The SMILES string of the molecule is CCCCC/C=C\C/C=C\CCCCCCCCC(CCCCCCCCCCCCCCCCCC)CCCCCN(C)C. The number of nitrogens with zero attached hydrogens (tertiary/aromatic N) is 1. The van der Waals surface area contributed by atoms with Crippen molar-refractivity contribution in [2.45, 2.75) is 232 Å². The van der Waals surface area contributed by atoms with Crippen LogP contribution in [-0.4, -0.2) is 25.5 Å². The summed E-state index contributed by atoms with van der Waals surface area (Å²) in [5.41, 5.74) is 0. The normalized spacial score (nSPS) is 12.8. The summed E-state index contributed by atoms with van der Waals surface area (Å²) in [5.74, 6) is 1.00. The minimum absolute atomic E-state index is 1.00. The third-order valence-electron chi connectivity index (χ3n) is 10.00. The molecule has 0 heterocycles. The lowest BCUT2D eigenvalue weighted by Gasteiger charge is -2.17. The maximum Gasteiger partial charge on any atom is -0.00248 e. The summed E-state index contributed by atoms with van der Waals surface area (Å²) in [4.78, 5) is 2.35. The second-order valence-electron chi connectivity index (χ2n) is 15.0. The second kappa shape index (κ2) is 39.6. The lowest BCUT2D eigenvalue weighted by atomic mass is 9.89. The highest BCUT2D eigenvalue weighted by atomic mass is 15.0. The second-order valence-corrected chi connectivity index (χ2v) is 15.0. The van der Waals surface area contributed by atoms with E-state index in [-0.39, 0.29) is 0 Å². The quantitative estimate of drug-likeness (QED) is 0.0485. The van der Waals surface area contributed by atoms with Gasteiger partial charge in [0, 0.05) is 0 Å². The van der Waals surface area contributed by atoms with Gasteiger partial charge in [0.05, 0.1) is 0 Å². The van der Waals surface area contributed by atoms with Crippen molar-refractivity contribution in [1.82, 2.24) is 4.90 Å². The zero-order chi connectivity index (χ0) is 32.7. The van der Waals surface area contributed by atoms with E-state index in [4.69, 9.17) is 0 Å². The summed E-state index contributed by atoms with van der Waals surface area (Å²) >= 11 is 0. The molecule has 0 amide bonds. The van der Waals surface area contributed by atoms with Crippen LogP contribution < -0.4 is 0 Å². The van der Waals surface area contributed by atoms with Crippen molar-refractivity contribution in [2.75, 3.05) is 20.6 Å². The predicted octanol–water partition coefficient (Wildman–Crippen LogP) is 15.6. The maximum atomic E-state index is 2.41. The van der Waals surface area contributed by atoms with Gasteiger partial charge in [-0.05, 0) is 65.1 Å². The van der Waals surface area contributed by atoms with Crippen molar-refractivity contribution in [3.63, 3.8) is 0 Å². The smallest absolute Gasteiger partial charge is 0.00248 e. The molecule has 268 valence electrons. The van der Waals surface area contributed by atoms with Crippen LogP contribution in [0.2, 0.25) is 0 Å². The molecule has 45 heavy (non-hydrogen) atoms. The average Bonchev–Trinajstić information content (AvgIpc) is 3.03. The highest BCUT2D eigenvalue weighted by Gasteiger charge is 2.09. The van der Waals surface area contributed by atoms with E-state index in [1.165, 1.54) is 218 Å². The standard InChI is InChI=1S/C44H87N/c1-5-7-9-11-13-15-17-19-21-23-25-27-29-31-33-36-40-44(42-38-35-39-43-45(3)4)41-37-34-32-30-28-26-24-22-20-18-16-14-12-10-8-6-2/h13,15,19,21,44H,5-12,14,16-18,20,22-43H2,1-4H3/b15-13-,21-19-. The molecule has 0 N–H and O–H groups in total. The summed E-state index contributed by atoms with van der Waals surface area (Å²) in [6, 6.07) is 0. The fourth-order valence-electron chi connectivity index (χ4n) is 6.87. The summed E-state index contributed by atoms with van der Waals surface area (Å²) in [6.07, 6.45) is 58.2. The van der Waals surface area contributed by atoms with Gasteiger partial charge in [-0.3, -0.25) is 0 Å². The molecule has 1 nitrogen and oxygen atoms in total. The van der Waals surface area contributed by atoms with E-state index in [2.05, 4.69) is 57.1 Å². The van der Waals surface area contributed by atoms with Crippen LogP contribution in [0.3, 0.4) is 0 Å². The van der Waals surface area contributed by atoms with Crippen LogP contribution in [-0.2, 0) is 0 Å². The number of allylic oxidation sites excluding steroid dienone is 4. The van der Waals surface area contributed by atoms with Gasteiger partial charge in [-0.2, -0.15) is 0 Å². The third-order valence-corrected chi connectivity index (χ3v) is 10.00. The van der Waals surface area contributed by atoms with Crippen molar-refractivity contribution < 1.29 is 0 Å². The third kappa shape index (κ3) is 39.5. The summed E-state index contributed by atoms with van der Waals surface area (Å²) in [5, 5.41) is 0. The molecule has 0 saturated heterocycles. The monoisotopic (exact) mass is 630 g/mol. The van der Waals surface area contributed by atoms with E-state index in [0.29, 0.717) is 0 Å². The van der Waals surface area contributed by atoms with Crippen LogP contribution in [0.1, 0.15) is 232 Å². The molecule has 0 saturated carbocycles. The first-order valence-electron chi connectivity index (χ1n) is 21.1. The molecule has 0 aromatic rings. The molecule has 1 unspecified atom stereocenters. The van der Waals surface area contributed by atoms with Gasteiger partial charge in [0.15, 0.2) is 0 Å². The van der Waals surface area contributed by atoms with Crippen molar-refractivity contribution in [3.8, 4) is 0 Å². The Hall–Kier alpha value is -0.560. The lowest BCUT2D eigenvalue weighted by Crippen LogP contribution is -2.12. The summed E-state index contributed by atoms with van der Waals surface area (Å²) in [7, 11) is 4.43. The van der Waals surface area contributed by atoms with Gasteiger partial charge in [-0.15, -0.1) is 0 Å². The lowest BCUT2D eigenvalue weighted by molar-refractivity contribution is 0.352. The molecule has 0 aliphatic carbocycles. The number of unbranched alkanes of at least 4 members (excludes halogenated alkanes) is 26. The number of hydrogen-bond acceptors (Lipinski definition) is 1. The van der Waals surface area contributed by atoms with Crippen LogP contribution in [0.5, 0.6) is 0 Å². The Morgan fingerprint density at radius 3 is 1.07 bits per heavy atom. The van der Waals surface area contributed by atoms with Crippen molar-refractivity contribution in [3.05, 3.63) is 24.3 Å². The topological polar surface area (TPSA) is 3.24 Å². The molecule has 0 aliphatic rings. The first-order chi connectivity index (χ1) is 22.2. The molecule has 1 atom stereocenters. The summed E-state index contributed by atoms with van der Waals surface area (Å²) in [6.45, 7) is 5.85. The minimum atomic E-state index is 1.00. The van der Waals surface area contributed by atoms with E-state index >= 15 is 0 Å². The van der Waals surface area contributed by atoms with Gasteiger partial charge in [0.2, 0.25) is 0 Å². The van der Waals surface area contributed by atoms with Gasteiger partial charge in [-0.1, -0.05) is 218 Å². The summed E-state index contributed by atoms with van der Waals surface area (Å²) < 4.78 is 0.